The first kappa shape index (κ1) is 27.8. The van der Waals surface area contributed by atoms with Crippen molar-refractivity contribution in [1.82, 2.24) is 10.0 Å². The van der Waals surface area contributed by atoms with Gasteiger partial charge < -0.3 is 9.52 Å². The number of hydrogen-bond donors (Lipinski definition) is 1. The van der Waals surface area contributed by atoms with E-state index in [1.54, 1.807) is 5.01 Å². The van der Waals surface area contributed by atoms with Crippen LogP contribution in [0.2, 0.25) is 0 Å². The summed E-state index contributed by atoms with van der Waals surface area (Å²) >= 11 is 0. The Morgan fingerprint density at radius 1 is 1.21 bits per heavy atom. The number of furan rings is 1. The Morgan fingerprint density at radius 2 is 1.95 bits per heavy atom. The van der Waals surface area contributed by atoms with Gasteiger partial charge in [0.05, 0.1) is 12.1 Å². The average molecular weight is 541 g/mol. The minimum Gasteiger partial charge on any atom is -0.509 e. The number of carbonyl (C=O) groups excluding carboxylic acids is 2. The lowest BCUT2D eigenvalue weighted by Gasteiger charge is -2.48. The maximum Gasteiger partial charge on any atom is 0.449 e. The average Bonchev–Trinajstić information content (AvgIpc) is 3.44. The third-order valence-electron chi connectivity index (χ3n) is 7.21. The first-order chi connectivity index (χ1) is 17.9. The molecule has 0 bridgehead atoms. The molecule has 1 saturated heterocycles. The number of carbonyl (C=O) groups is 2. The summed E-state index contributed by atoms with van der Waals surface area (Å²) in [5.74, 6) is -5.14. The molecule has 0 radical (unpaired) electrons. The van der Waals surface area contributed by atoms with Crippen LogP contribution in [0, 0.1) is 18.6 Å². The first-order valence-electron chi connectivity index (χ1n) is 12.6. The summed E-state index contributed by atoms with van der Waals surface area (Å²) in [6, 6.07) is 4.88. The van der Waals surface area contributed by atoms with Gasteiger partial charge in [0.1, 0.15) is 17.1 Å². The van der Waals surface area contributed by atoms with E-state index in [2.05, 4.69) is 0 Å². The molecule has 2 aromatic rings. The highest BCUT2D eigenvalue weighted by Crippen LogP contribution is 2.45. The largest absolute Gasteiger partial charge is 0.509 e. The number of fused-ring (bicyclic) bond motifs is 1. The first-order valence-corrected chi connectivity index (χ1v) is 12.6. The fourth-order valence-electron chi connectivity index (χ4n) is 5.61. The van der Waals surface area contributed by atoms with Crippen molar-refractivity contribution < 1.29 is 41.1 Å². The molecule has 0 aliphatic carbocycles. The van der Waals surface area contributed by atoms with E-state index >= 15 is 0 Å². The lowest BCUT2D eigenvalue weighted by molar-refractivity contribution is -0.163. The van der Waals surface area contributed by atoms with Crippen molar-refractivity contribution in [3.8, 4) is 0 Å². The number of amides is 1. The number of nitrogens with zero attached hydrogens (tertiary/aromatic N) is 2. The van der Waals surface area contributed by atoms with E-state index in [0.717, 1.165) is 6.07 Å². The Hall–Kier alpha value is -3.21. The zero-order chi connectivity index (χ0) is 27.8. The minimum absolute atomic E-state index is 0.0199. The topological polar surface area (TPSA) is 74.0 Å². The molecule has 1 aromatic heterocycles. The quantitative estimate of drug-likeness (QED) is 0.304. The van der Waals surface area contributed by atoms with Crippen LogP contribution in [0.3, 0.4) is 0 Å². The Morgan fingerprint density at radius 3 is 2.63 bits per heavy atom. The Kier molecular flexibility index (Phi) is 7.69. The third kappa shape index (κ3) is 4.95. The van der Waals surface area contributed by atoms with Crippen LogP contribution in [0.1, 0.15) is 68.1 Å². The molecule has 11 heteroatoms. The monoisotopic (exact) mass is 540 g/mol. The van der Waals surface area contributed by atoms with Crippen molar-refractivity contribution in [3.05, 3.63) is 69.9 Å². The molecular formula is C27H29F5N2O4. The number of Topliss-reactive ketones (excluding diaryl/α,β-unsaturated/α-hetero) is 1. The SMILES string of the molecule is CCC[C@]12CCCN1N(Cc1cccc(F)c1F)C(=O)C(C(=O)CCCc1cc(C)oc1C(F)(F)F)=C2O. The van der Waals surface area contributed by atoms with Crippen molar-refractivity contribution in [2.45, 2.75) is 77.1 Å². The zero-order valence-electron chi connectivity index (χ0n) is 21.1. The van der Waals surface area contributed by atoms with Gasteiger partial charge in [0, 0.05) is 24.1 Å². The molecule has 1 aromatic carbocycles. The molecule has 1 N–H and O–H groups in total. The molecule has 0 saturated carbocycles. The molecular weight excluding hydrogens is 511 g/mol. The van der Waals surface area contributed by atoms with E-state index in [9.17, 15) is 36.6 Å². The van der Waals surface area contributed by atoms with Gasteiger partial charge in [0.2, 0.25) is 5.76 Å². The van der Waals surface area contributed by atoms with E-state index < -0.39 is 46.4 Å². The van der Waals surface area contributed by atoms with E-state index in [-0.39, 0.29) is 48.5 Å². The van der Waals surface area contributed by atoms with Gasteiger partial charge in [-0.05, 0) is 51.2 Å². The third-order valence-corrected chi connectivity index (χ3v) is 7.21. The van der Waals surface area contributed by atoms with E-state index in [4.69, 9.17) is 4.42 Å². The van der Waals surface area contributed by atoms with E-state index in [1.165, 1.54) is 30.1 Å². The zero-order valence-corrected chi connectivity index (χ0v) is 21.1. The molecule has 3 heterocycles. The normalized spacial score (nSPS) is 20.4. The Labute approximate surface area is 216 Å². The molecule has 6 nitrogen and oxygen atoms in total. The number of aliphatic hydroxyl groups excluding tert-OH is 1. The van der Waals surface area contributed by atoms with E-state index in [1.807, 2.05) is 6.92 Å². The van der Waals surface area contributed by atoms with Crippen LogP contribution >= 0.6 is 0 Å². The summed E-state index contributed by atoms with van der Waals surface area (Å²) in [5.41, 5.74) is -1.68. The van der Waals surface area contributed by atoms with Gasteiger partial charge in [0.15, 0.2) is 17.4 Å². The fourth-order valence-corrected chi connectivity index (χ4v) is 5.61. The summed E-state index contributed by atoms with van der Waals surface area (Å²) in [7, 11) is 0. The number of alkyl halides is 3. The molecule has 1 amide bonds. The second kappa shape index (κ2) is 10.5. The summed E-state index contributed by atoms with van der Waals surface area (Å²) in [4.78, 5) is 26.8. The van der Waals surface area contributed by atoms with Crippen LogP contribution in [0.5, 0.6) is 0 Å². The molecule has 0 spiro atoms. The number of ketones is 1. The van der Waals surface area contributed by atoms with Gasteiger partial charge in [0.25, 0.3) is 5.91 Å². The highest BCUT2D eigenvalue weighted by molar-refractivity contribution is 6.20. The van der Waals surface area contributed by atoms with Crippen molar-refractivity contribution in [2.75, 3.05) is 6.54 Å². The predicted octanol–water partition coefficient (Wildman–Crippen LogP) is 6.18. The standard InChI is InChI=1S/C27H29F5N2O4/c1-3-11-26-12-6-13-34(26)33(15-18-8-4-9-19(28)22(18)29)25(37)21(23(26)36)20(35)10-5-7-17-14-16(2)38-24(17)27(30,31)32/h4,8-9,14,36H,3,5-7,10-13,15H2,1-2H3/t26-/m1/s1. The highest BCUT2D eigenvalue weighted by Gasteiger charge is 2.54. The van der Waals surface area contributed by atoms with Crippen molar-refractivity contribution in [3.63, 3.8) is 0 Å². The van der Waals surface area contributed by atoms with Crippen molar-refractivity contribution >= 4 is 11.7 Å². The maximum atomic E-state index is 14.5. The Bertz CT molecular complexity index is 1270. The number of benzene rings is 1. The number of aliphatic hydroxyl groups is 1. The number of hydrogen-bond acceptors (Lipinski definition) is 5. The Balaban J connectivity index is 1.62. The number of aryl methyl sites for hydroxylation is 2. The highest BCUT2D eigenvalue weighted by atomic mass is 19.4. The number of rotatable bonds is 9. The smallest absolute Gasteiger partial charge is 0.449 e. The summed E-state index contributed by atoms with van der Waals surface area (Å²) in [6.07, 6.45) is -3.05. The van der Waals surface area contributed by atoms with Crippen LogP contribution in [0.15, 0.2) is 40.0 Å². The van der Waals surface area contributed by atoms with Gasteiger partial charge in [-0.1, -0.05) is 25.5 Å². The van der Waals surface area contributed by atoms with Crippen molar-refractivity contribution in [2.24, 2.45) is 0 Å². The molecule has 2 aliphatic heterocycles. The van der Waals surface area contributed by atoms with Crippen LogP contribution in [0.4, 0.5) is 22.0 Å². The lowest BCUT2D eigenvalue weighted by Crippen LogP contribution is -2.61. The van der Waals surface area contributed by atoms with Crippen LogP contribution in [-0.2, 0) is 28.7 Å². The molecule has 38 heavy (non-hydrogen) atoms. The van der Waals surface area contributed by atoms with Gasteiger partial charge in [-0.15, -0.1) is 0 Å². The van der Waals surface area contributed by atoms with Crippen LogP contribution in [-0.4, -0.2) is 38.9 Å². The lowest BCUT2D eigenvalue weighted by atomic mass is 9.83. The van der Waals surface area contributed by atoms with Gasteiger partial charge in [-0.2, -0.15) is 13.2 Å². The molecule has 1 atom stereocenters. The minimum atomic E-state index is -4.68. The van der Waals surface area contributed by atoms with Crippen LogP contribution in [0.25, 0.3) is 0 Å². The summed E-state index contributed by atoms with van der Waals surface area (Å²) < 4.78 is 72.9. The van der Waals surface area contributed by atoms with Gasteiger partial charge >= 0.3 is 6.18 Å². The molecule has 1 fully saturated rings. The summed E-state index contributed by atoms with van der Waals surface area (Å²) in [5, 5.41) is 14.1. The van der Waals surface area contributed by atoms with Crippen LogP contribution < -0.4 is 0 Å². The van der Waals surface area contributed by atoms with Gasteiger partial charge in [-0.3, -0.25) is 14.6 Å². The predicted molar refractivity (Wildman–Crippen MR) is 127 cm³/mol. The number of halogens is 5. The molecule has 2 aliphatic rings. The second-order valence-corrected chi connectivity index (χ2v) is 9.79. The van der Waals surface area contributed by atoms with Gasteiger partial charge in [-0.25, -0.2) is 13.8 Å². The molecule has 4 rings (SSSR count). The number of hydrazine groups is 1. The maximum absolute atomic E-state index is 14.5. The fraction of sp³-hybridized carbons (Fsp3) is 0.481. The summed E-state index contributed by atoms with van der Waals surface area (Å²) in [6.45, 7) is 3.30. The molecule has 206 valence electrons. The van der Waals surface area contributed by atoms with E-state index in [0.29, 0.717) is 32.2 Å². The second-order valence-electron chi connectivity index (χ2n) is 9.79. The van der Waals surface area contributed by atoms with Crippen molar-refractivity contribution in [1.29, 1.82) is 0 Å². The molecule has 0 unspecified atom stereocenters.